The minimum absolute atomic E-state index is 0.0195. The molecule has 0 aromatic carbocycles. The molecular weight excluding hydrogens is 636 g/mol. The standard InChI is InChI=1S/C43H60N4O4/c1-7-8-11-31-18-39(51-38(31)26-46(5)23-30-14-15-34(45-22-30)25-47(6)24-33-12-9-10-17-44-33)42-21-35-29(4)13-16-36(35)41(27-48)20-32(42)19-37(28(2)3)43(41,42)40(49)50/h9-10,12,14-15,17,19,22,27-29,31-32,35-36,38-39H,7-8,11,13,16,18,20-21,23-26H2,1-6H3,(H,49,50)/t29-,31?,32?,35-,36-,38?,39?,41?,42?,43?/m1/s1. The van der Waals surface area contributed by atoms with Crippen molar-refractivity contribution in [3.8, 4) is 0 Å². The van der Waals surface area contributed by atoms with Gasteiger partial charge in [-0.25, -0.2) is 0 Å². The number of carboxylic acid groups (broad SMARTS) is 1. The lowest BCUT2D eigenvalue weighted by molar-refractivity contribution is -0.197. The molecule has 1 saturated heterocycles. The number of likely N-dealkylation sites (N-methyl/N-ethyl adjacent to an activating group) is 1. The SMILES string of the molecule is CCCCC1CC(C23C[C@@H]4[C@H](C)CC[C@H]4C4(C=O)CC2C=C(C(C)C)C34C(=O)O)OC1CN(C)Cc1ccc(CN(C)Cc2ccccn2)nc1. The van der Waals surface area contributed by atoms with Gasteiger partial charge in [-0.05, 0) is 105 Å². The molecule has 3 saturated carbocycles. The van der Waals surface area contributed by atoms with Gasteiger partial charge in [-0.2, -0.15) is 0 Å². The van der Waals surface area contributed by atoms with Crippen LogP contribution in [0.4, 0.5) is 0 Å². The van der Waals surface area contributed by atoms with E-state index in [2.05, 4.69) is 74.8 Å². The first kappa shape index (κ1) is 36.4. The van der Waals surface area contributed by atoms with Crippen molar-refractivity contribution < 1.29 is 19.4 Å². The number of carbonyl (C=O) groups is 2. The smallest absolute Gasteiger partial charge is 0.315 e. The third kappa shape index (κ3) is 5.74. The third-order valence-corrected chi connectivity index (χ3v) is 14.3. The maximum Gasteiger partial charge on any atom is 0.315 e. The van der Waals surface area contributed by atoms with E-state index in [9.17, 15) is 14.7 Å². The Morgan fingerprint density at radius 2 is 1.84 bits per heavy atom. The molecule has 4 aliphatic carbocycles. The fraction of sp³-hybridized carbons (Fsp3) is 0.674. The molecule has 10 atom stereocenters. The molecule has 0 amide bonds. The van der Waals surface area contributed by atoms with Gasteiger partial charge in [-0.15, -0.1) is 0 Å². The molecular formula is C43H60N4O4. The number of aliphatic carboxylic acids is 1. The van der Waals surface area contributed by atoms with Crippen molar-refractivity contribution in [1.29, 1.82) is 0 Å². The molecule has 5 aliphatic rings. The van der Waals surface area contributed by atoms with Gasteiger partial charge < -0.3 is 14.6 Å². The van der Waals surface area contributed by atoms with Crippen molar-refractivity contribution >= 4 is 12.3 Å². The molecule has 8 heteroatoms. The molecule has 0 spiro atoms. The van der Waals surface area contributed by atoms with Gasteiger partial charge in [0.1, 0.15) is 11.7 Å². The quantitative estimate of drug-likeness (QED) is 0.152. The number of rotatable bonds is 15. The monoisotopic (exact) mass is 696 g/mol. The van der Waals surface area contributed by atoms with Crippen molar-refractivity contribution in [2.45, 2.75) is 111 Å². The van der Waals surface area contributed by atoms with Crippen LogP contribution in [0, 0.1) is 51.8 Å². The second-order valence-electron chi connectivity index (χ2n) is 17.5. The zero-order valence-electron chi connectivity index (χ0n) is 31.8. The fourth-order valence-electron chi connectivity index (χ4n) is 12.4. The first-order valence-corrected chi connectivity index (χ1v) is 19.8. The first-order chi connectivity index (χ1) is 24.5. The molecule has 2 aromatic rings. The molecule has 0 radical (unpaired) electrons. The number of pyridine rings is 2. The highest BCUT2D eigenvalue weighted by molar-refractivity contribution is 5.90. The van der Waals surface area contributed by atoms with Crippen molar-refractivity contribution in [1.82, 2.24) is 19.8 Å². The lowest BCUT2D eigenvalue weighted by Crippen LogP contribution is -2.65. The summed E-state index contributed by atoms with van der Waals surface area (Å²) in [5.41, 5.74) is 1.63. The number of ether oxygens (including phenoxy) is 1. The van der Waals surface area contributed by atoms with E-state index in [4.69, 9.17) is 9.72 Å². The van der Waals surface area contributed by atoms with Gasteiger partial charge in [0, 0.05) is 44.0 Å². The van der Waals surface area contributed by atoms with E-state index in [1.807, 2.05) is 30.6 Å². The Balaban J connectivity index is 1.11. The van der Waals surface area contributed by atoms with Crippen LogP contribution >= 0.6 is 0 Å². The average Bonchev–Trinajstić information content (AvgIpc) is 3.81. The van der Waals surface area contributed by atoms with Crippen molar-refractivity contribution in [2.24, 2.45) is 51.8 Å². The highest BCUT2D eigenvalue weighted by Gasteiger charge is 2.86. The number of carbonyl (C=O) groups excluding carboxylic acids is 1. The van der Waals surface area contributed by atoms with Gasteiger partial charge in [0.25, 0.3) is 0 Å². The van der Waals surface area contributed by atoms with Gasteiger partial charge in [-0.3, -0.25) is 24.6 Å². The fourth-order valence-corrected chi connectivity index (χ4v) is 12.4. The molecule has 3 heterocycles. The Kier molecular flexibility index (Phi) is 10.1. The summed E-state index contributed by atoms with van der Waals surface area (Å²) in [6, 6.07) is 10.3. The molecule has 1 N–H and O–H groups in total. The molecule has 1 aliphatic heterocycles. The molecule has 7 rings (SSSR count). The predicted octanol–water partition coefficient (Wildman–Crippen LogP) is 7.43. The van der Waals surface area contributed by atoms with Crippen LogP contribution in [0.2, 0.25) is 0 Å². The van der Waals surface area contributed by atoms with Gasteiger partial charge in [-0.1, -0.05) is 70.7 Å². The number of fused-ring (bicyclic) bond motifs is 2. The summed E-state index contributed by atoms with van der Waals surface area (Å²) in [5, 5.41) is 11.6. The van der Waals surface area contributed by atoms with Crippen LogP contribution in [0.5, 0.6) is 0 Å². The highest BCUT2D eigenvalue weighted by Crippen LogP contribution is 2.84. The Bertz CT molecular complexity index is 1600. The van der Waals surface area contributed by atoms with Crippen LogP contribution in [0.1, 0.15) is 96.0 Å². The van der Waals surface area contributed by atoms with Gasteiger partial charge >= 0.3 is 5.97 Å². The average molecular weight is 697 g/mol. The van der Waals surface area contributed by atoms with E-state index in [1.54, 1.807) is 0 Å². The highest BCUT2D eigenvalue weighted by atomic mass is 16.5. The molecule has 2 aromatic heterocycles. The molecule has 8 nitrogen and oxygen atoms in total. The molecule has 7 unspecified atom stereocenters. The van der Waals surface area contributed by atoms with Gasteiger partial charge in [0.05, 0.1) is 29.0 Å². The number of carboxylic acids is 1. The topological polar surface area (TPSA) is 95.9 Å². The van der Waals surface area contributed by atoms with E-state index in [-0.39, 0.29) is 30.0 Å². The number of nitrogens with zero attached hydrogens (tertiary/aromatic N) is 4. The van der Waals surface area contributed by atoms with Crippen LogP contribution in [-0.4, -0.2) is 70.0 Å². The largest absolute Gasteiger partial charge is 0.481 e. The van der Waals surface area contributed by atoms with Gasteiger partial charge in [0.2, 0.25) is 0 Å². The Morgan fingerprint density at radius 1 is 1.06 bits per heavy atom. The van der Waals surface area contributed by atoms with Crippen LogP contribution in [0.3, 0.4) is 0 Å². The maximum absolute atomic E-state index is 14.1. The lowest BCUT2D eigenvalue weighted by Gasteiger charge is -2.60. The van der Waals surface area contributed by atoms with Gasteiger partial charge in [0.15, 0.2) is 0 Å². The van der Waals surface area contributed by atoms with Crippen molar-refractivity contribution in [3.05, 3.63) is 71.3 Å². The van der Waals surface area contributed by atoms with Crippen LogP contribution in [-0.2, 0) is 34.0 Å². The van der Waals surface area contributed by atoms with Crippen LogP contribution in [0.25, 0.3) is 0 Å². The van der Waals surface area contributed by atoms with Crippen molar-refractivity contribution in [3.63, 3.8) is 0 Å². The van der Waals surface area contributed by atoms with E-state index in [1.165, 1.54) is 5.56 Å². The predicted molar refractivity (Wildman–Crippen MR) is 198 cm³/mol. The summed E-state index contributed by atoms with van der Waals surface area (Å²) in [6.45, 7) is 11.9. The summed E-state index contributed by atoms with van der Waals surface area (Å²) in [4.78, 5) is 41.5. The molecule has 4 fully saturated rings. The second-order valence-corrected chi connectivity index (χ2v) is 17.5. The maximum atomic E-state index is 14.1. The van der Waals surface area contributed by atoms with E-state index in [0.717, 1.165) is 94.4 Å². The number of unbranched alkanes of at least 4 members (excludes halogenated alkanes) is 1. The minimum Gasteiger partial charge on any atom is -0.481 e. The number of allylic oxidation sites excluding steroid dienone is 1. The van der Waals surface area contributed by atoms with E-state index < -0.39 is 22.2 Å². The number of aldehydes is 1. The lowest BCUT2D eigenvalue weighted by atomic mass is 9.41. The minimum atomic E-state index is -1.19. The summed E-state index contributed by atoms with van der Waals surface area (Å²) >= 11 is 0. The molecule has 276 valence electrons. The summed E-state index contributed by atoms with van der Waals surface area (Å²) < 4.78 is 7.33. The van der Waals surface area contributed by atoms with E-state index in [0.29, 0.717) is 24.2 Å². The zero-order valence-corrected chi connectivity index (χ0v) is 31.8. The Labute approximate surface area is 305 Å². The molecule has 51 heavy (non-hydrogen) atoms. The Hall–Kier alpha value is -2.94. The Morgan fingerprint density at radius 3 is 2.49 bits per heavy atom. The third-order valence-electron chi connectivity index (χ3n) is 14.3. The van der Waals surface area contributed by atoms with Crippen LogP contribution < -0.4 is 0 Å². The second kappa shape index (κ2) is 14.1. The normalized spacial score (nSPS) is 36.6. The number of hydrogen-bond acceptors (Lipinski definition) is 7. The summed E-state index contributed by atoms with van der Waals surface area (Å²) in [5.74, 6) is 0.732. The number of hydrogen-bond donors (Lipinski definition) is 1. The summed E-state index contributed by atoms with van der Waals surface area (Å²) in [7, 11) is 4.26. The van der Waals surface area contributed by atoms with Crippen LogP contribution in [0.15, 0.2) is 54.4 Å². The first-order valence-electron chi connectivity index (χ1n) is 19.8. The van der Waals surface area contributed by atoms with Crippen molar-refractivity contribution in [2.75, 3.05) is 20.6 Å². The molecule has 4 bridgehead atoms. The van der Waals surface area contributed by atoms with E-state index >= 15 is 0 Å². The zero-order chi connectivity index (χ0) is 36.1. The number of aromatic nitrogens is 2. The summed E-state index contributed by atoms with van der Waals surface area (Å²) in [6.07, 6.45) is 14.9.